The molecule has 1 aliphatic heterocycles. The molecule has 186 valence electrons. The van der Waals surface area contributed by atoms with Crippen LogP contribution in [0.15, 0.2) is 77.8 Å². The summed E-state index contributed by atoms with van der Waals surface area (Å²) < 4.78 is 2.07. The number of fused-ring (bicyclic) bond motifs is 1. The van der Waals surface area contributed by atoms with E-state index in [-0.39, 0.29) is 11.4 Å². The smallest absolute Gasteiger partial charge is 0.294 e. The van der Waals surface area contributed by atoms with Crippen LogP contribution in [0.4, 0.5) is 10.5 Å². The fourth-order valence-electron chi connectivity index (χ4n) is 4.40. The molecule has 1 saturated heterocycles. The summed E-state index contributed by atoms with van der Waals surface area (Å²) in [5.74, 6) is -0.902. The van der Waals surface area contributed by atoms with Gasteiger partial charge in [-0.1, -0.05) is 65.7 Å². The number of amides is 3. The Bertz CT molecular complexity index is 1590. The van der Waals surface area contributed by atoms with E-state index in [9.17, 15) is 14.4 Å². The number of hydrogen-bond donors (Lipinski definition) is 1. The lowest BCUT2D eigenvalue weighted by Crippen LogP contribution is -2.36. The van der Waals surface area contributed by atoms with Crippen LogP contribution in [-0.4, -0.2) is 33.1 Å². The molecule has 3 aromatic carbocycles. The Balaban J connectivity index is 1.38. The standard InChI is InChI=1S/C29H24ClN3O3S/c1-18-11-12-24(19(2)13-18)31-27(34)17-33-28(35)26(37-29(33)36)14-21-16-32(25-10-6-4-8-22(21)25)15-20-7-3-5-9-23(20)30/h3-14,16H,15,17H2,1-2H3,(H,31,34)/b26-14+. The van der Waals surface area contributed by atoms with Gasteiger partial charge in [-0.25, -0.2) is 0 Å². The lowest BCUT2D eigenvalue weighted by molar-refractivity contribution is -0.127. The second kappa shape index (κ2) is 10.3. The van der Waals surface area contributed by atoms with Gasteiger partial charge in [0.15, 0.2) is 0 Å². The Labute approximate surface area is 223 Å². The van der Waals surface area contributed by atoms with Crippen LogP contribution in [-0.2, 0) is 16.1 Å². The highest BCUT2D eigenvalue weighted by Gasteiger charge is 2.36. The summed E-state index contributed by atoms with van der Waals surface area (Å²) in [7, 11) is 0. The van der Waals surface area contributed by atoms with E-state index in [0.29, 0.717) is 17.3 Å². The third kappa shape index (κ3) is 5.19. The Hall–Kier alpha value is -3.81. The highest BCUT2D eigenvalue weighted by molar-refractivity contribution is 8.18. The van der Waals surface area contributed by atoms with Crippen molar-refractivity contribution < 1.29 is 14.4 Å². The highest BCUT2D eigenvalue weighted by atomic mass is 35.5. The van der Waals surface area contributed by atoms with Crippen molar-refractivity contribution in [1.82, 2.24) is 9.47 Å². The fraction of sp³-hybridized carbons (Fsp3) is 0.138. The van der Waals surface area contributed by atoms with Gasteiger partial charge in [-0.05, 0) is 61.0 Å². The molecule has 1 fully saturated rings. The van der Waals surface area contributed by atoms with Gasteiger partial charge in [0.2, 0.25) is 5.91 Å². The summed E-state index contributed by atoms with van der Waals surface area (Å²) in [5.41, 5.74) is 5.43. The van der Waals surface area contributed by atoms with Gasteiger partial charge in [0.25, 0.3) is 11.1 Å². The molecule has 6 nitrogen and oxygen atoms in total. The molecule has 4 aromatic rings. The van der Waals surface area contributed by atoms with Crippen LogP contribution in [0.25, 0.3) is 17.0 Å². The number of halogens is 1. The zero-order chi connectivity index (χ0) is 26.1. The number of aryl methyl sites for hydroxylation is 2. The number of carbonyl (C=O) groups is 3. The number of rotatable bonds is 6. The van der Waals surface area contributed by atoms with Crippen molar-refractivity contribution in [3.63, 3.8) is 0 Å². The average molecular weight is 530 g/mol. The molecule has 2 heterocycles. The number of hydrogen-bond acceptors (Lipinski definition) is 4. The van der Waals surface area contributed by atoms with Crippen LogP contribution in [0.2, 0.25) is 5.02 Å². The normalized spacial score (nSPS) is 14.7. The van der Waals surface area contributed by atoms with Gasteiger partial charge >= 0.3 is 0 Å². The van der Waals surface area contributed by atoms with E-state index >= 15 is 0 Å². The summed E-state index contributed by atoms with van der Waals surface area (Å²) in [6.45, 7) is 4.09. The van der Waals surface area contributed by atoms with Crippen LogP contribution < -0.4 is 5.32 Å². The maximum Gasteiger partial charge on any atom is 0.294 e. The Morgan fingerprint density at radius 2 is 1.78 bits per heavy atom. The van der Waals surface area contributed by atoms with E-state index in [1.165, 1.54) is 0 Å². The second-order valence-corrected chi connectivity index (χ2v) is 10.4. The van der Waals surface area contributed by atoms with Crippen molar-refractivity contribution in [2.45, 2.75) is 20.4 Å². The van der Waals surface area contributed by atoms with E-state index < -0.39 is 17.1 Å². The lowest BCUT2D eigenvalue weighted by atomic mass is 10.1. The molecule has 1 N–H and O–H groups in total. The third-order valence-electron chi connectivity index (χ3n) is 6.24. The minimum absolute atomic E-state index is 0.282. The number of benzene rings is 3. The molecule has 0 atom stereocenters. The topological polar surface area (TPSA) is 71.4 Å². The van der Waals surface area contributed by atoms with Crippen molar-refractivity contribution in [2.24, 2.45) is 0 Å². The zero-order valence-electron chi connectivity index (χ0n) is 20.3. The maximum atomic E-state index is 13.1. The first-order valence-corrected chi connectivity index (χ1v) is 12.9. The molecular formula is C29H24ClN3O3S. The number of carbonyl (C=O) groups excluding carboxylic acids is 3. The fourth-order valence-corrected chi connectivity index (χ4v) is 5.42. The molecule has 0 spiro atoms. The molecule has 0 bridgehead atoms. The van der Waals surface area contributed by atoms with Crippen LogP contribution in [0, 0.1) is 13.8 Å². The van der Waals surface area contributed by atoms with Crippen LogP contribution in [0.3, 0.4) is 0 Å². The molecule has 3 amide bonds. The Kier molecular flexibility index (Phi) is 6.91. The molecular weight excluding hydrogens is 506 g/mol. The molecule has 8 heteroatoms. The predicted molar refractivity (Wildman–Crippen MR) is 150 cm³/mol. The largest absolute Gasteiger partial charge is 0.342 e. The van der Waals surface area contributed by atoms with Crippen molar-refractivity contribution in [1.29, 1.82) is 0 Å². The summed E-state index contributed by atoms with van der Waals surface area (Å²) in [5, 5.41) is 3.97. The van der Waals surface area contributed by atoms with E-state index in [0.717, 1.165) is 49.8 Å². The SMILES string of the molecule is Cc1ccc(NC(=O)CN2C(=O)S/C(=C/c3cn(Cc4ccccc4Cl)c4ccccc34)C2=O)c(C)c1. The second-order valence-electron chi connectivity index (χ2n) is 8.96. The van der Waals surface area contributed by atoms with Crippen molar-refractivity contribution in [3.8, 4) is 0 Å². The number of nitrogens with one attached hydrogen (secondary N) is 1. The van der Waals surface area contributed by atoms with Crippen molar-refractivity contribution >= 4 is 63.1 Å². The highest BCUT2D eigenvalue weighted by Crippen LogP contribution is 2.34. The maximum absolute atomic E-state index is 13.1. The van der Waals surface area contributed by atoms with Crippen LogP contribution >= 0.6 is 23.4 Å². The van der Waals surface area contributed by atoms with Crippen molar-refractivity contribution in [2.75, 3.05) is 11.9 Å². The Morgan fingerprint density at radius 3 is 2.57 bits per heavy atom. The number of aromatic nitrogens is 1. The predicted octanol–water partition coefficient (Wildman–Crippen LogP) is 6.63. The van der Waals surface area contributed by atoms with Gasteiger partial charge in [-0.3, -0.25) is 19.3 Å². The number of nitrogens with zero attached hydrogens (tertiary/aromatic N) is 2. The average Bonchev–Trinajstić information content (AvgIpc) is 3.34. The first-order valence-electron chi connectivity index (χ1n) is 11.7. The summed E-state index contributed by atoms with van der Waals surface area (Å²) >= 11 is 7.22. The van der Waals surface area contributed by atoms with Gasteiger partial charge in [0.05, 0.1) is 4.91 Å². The zero-order valence-corrected chi connectivity index (χ0v) is 21.9. The number of para-hydroxylation sites is 1. The van der Waals surface area contributed by atoms with E-state index in [4.69, 9.17) is 11.6 Å². The minimum atomic E-state index is -0.478. The van der Waals surface area contributed by atoms with E-state index in [1.807, 2.05) is 86.8 Å². The third-order valence-corrected chi connectivity index (χ3v) is 7.51. The van der Waals surface area contributed by atoms with Gasteiger partial charge < -0.3 is 9.88 Å². The van der Waals surface area contributed by atoms with Crippen molar-refractivity contribution in [3.05, 3.63) is 105 Å². The molecule has 5 rings (SSSR count). The first-order chi connectivity index (χ1) is 17.8. The monoisotopic (exact) mass is 529 g/mol. The summed E-state index contributed by atoms with van der Waals surface area (Å²) in [6, 6.07) is 21.2. The first kappa shape index (κ1) is 24.9. The number of imide groups is 1. The molecule has 0 saturated carbocycles. The number of thioether (sulfide) groups is 1. The number of anilines is 1. The molecule has 1 aliphatic rings. The van der Waals surface area contributed by atoms with E-state index in [2.05, 4.69) is 9.88 Å². The lowest BCUT2D eigenvalue weighted by Gasteiger charge is -2.14. The van der Waals surface area contributed by atoms with Gasteiger partial charge in [0.1, 0.15) is 6.54 Å². The van der Waals surface area contributed by atoms with Gasteiger partial charge in [-0.15, -0.1) is 0 Å². The summed E-state index contributed by atoms with van der Waals surface area (Å²) in [6.07, 6.45) is 3.67. The molecule has 0 unspecified atom stereocenters. The van der Waals surface area contributed by atoms with Gasteiger partial charge in [-0.2, -0.15) is 0 Å². The van der Waals surface area contributed by atoms with Gasteiger partial charge in [0, 0.05) is 39.9 Å². The van der Waals surface area contributed by atoms with Crippen LogP contribution in [0.5, 0.6) is 0 Å². The minimum Gasteiger partial charge on any atom is -0.342 e. The summed E-state index contributed by atoms with van der Waals surface area (Å²) in [4.78, 5) is 39.7. The van der Waals surface area contributed by atoms with E-state index in [1.54, 1.807) is 6.08 Å². The molecule has 37 heavy (non-hydrogen) atoms. The molecule has 1 aromatic heterocycles. The van der Waals surface area contributed by atoms with Crippen LogP contribution in [0.1, 0.15) is 22.3 Å². The molecule has 0 radical (unpaired) electrons. The molecule has 0 aliphatic carbocycles. The quantitative estimate of drug-likeness (QED) is 0.284. The Morgan fingerprint density at radius 1 is 1.03 bits per heavy atom.